The van der Waals surface area contributed by atoms with Crippen LogP contribution in [0.5, 0.6) is 0 Å². The van der Waals surface area contributed by atoms with Crippen LogP contribution in [-0.4, -0.2) is 18.0 Å². The van der Waals surface area contributed by atoms with Crippen LogP contribution in [0.1, 0.15) is 63.0 Å². The first-order chi connectivity index (χ1) is 10.6. The van der Waals surface area contributed by atoms with Crippen LogP contribution in [0.3, 0.4) is 0 Å². The Kier molecular flexibility index (Phi) is 6.49. The van der Waals surface area contributed by atoms with Gasteiger partial charge in [-0.15, -0.1) is 12.4 Å². The summed E-state index contributed by atoms with van der Waals surface area (Å²) in [5.74, 6) is 1.33. The van der Waals surface area contributed by atoms with Crippen molar-refractivity contribution < 1.29 is 4.79 Å². The lowest BCUT2D eigenvalue weighted by atomic mass is 9.89. The zero-order valence-electron chi connectivity index (χ0n) is 14.2. The van der Waals surface area contributed by atoms with E-state index in [0.717, 1.165) is 0 Å². The van der Waals surface area contributed by atoms with Gasteiger partial charge in [0, 0.05) is 25.0 Å². The molecule has 23 heavy (non-hydrogen) atoms. The zero-order chi connectivity index (χ0) is 15.5. The molecule has 2 saturated heterocycles. The van der Waals surface area contributed by atoms with Crippen LogP contribution in [0.15, 0.2) is 24.3 Å². The first kappa shape index (κ1) is 18.3. The number of carbonyl (C=O) groups is 1. The summed E-state index contributed by atoms with van der Waals surface area (Å²) in [6.45, 7) is 5.04. The molecule has 2 fully saturated rings. The van der Waals surface area contributed by atoms with E-state index in [-0.39, 0.29) is 18.3 Å². The van der Waals surface area contributed by atoms with E-state index in [2.05, 4.69) is 48.7 Å². The Labute approximate surface area is 146 Å². The summed E-state index contributed by atoms with van der Waals surface area (Å²) in [6.07, 6.45) is 5.63. The molecular weight excluding hydrogens is 308 g/mol. The van der Waals surface area contributed by atoms with Crippen LogP contribution >= 0.6 is 12.4 Å². The first-order valence-corrected chi connectivity index (χ1v) is 8.71. The Morgan fingerprint density at radius 2 is 1.78 bits per heavy atom. The summed E-state index contributed by atoms with van der Waals surface area (Å²) in [6, 6.07) is 9.91. The van der Waals surface area contributed by atoms with Crippen molar-refractivity contribution in [1.29, 1.82) is 0 Å². The van der Waals surface area contributed by atoms with Crippen LogP contribution in [-0.2, 0) is 11.3 Å². The van der Waals surface area contributed by atoms with Gasteiger partial charge < -0.3 is 10.6 Å². The third kappa shape index (κ3) is 4.95. The summed E-state index contributed by atoms with van der Waals surface area (Å²) in [4.78, 5) is 12.2. The van der Waals surface area contributed by atoms with Crippen molar-refractivity contribution in [1.82, 2.24) is 10.6 Å². The van der Waals surface area contributed by atoms with Gasteiger partial charge in [-0.3, -0.25) is 4.79 Å². The smallest absolute Gasteiger partial charge is 0.220 e. The summed E-state index contributed by atoms with van der Waals surface area (Å²) >= 11 is 0. The normalized spacial score (nSPS) is 26.0. The standard InChI is InChI=1S/C19H28N2O.ClH/c1-13(2)16-5-3-14(4-6-16)12-20-19(22)11-15-9-17-7-8-18(10-15)21-17;/h3-6,13,15,17-18,21H,7-12H2,1-2H3,(H,20,22);1H. The van der Waals surface area contributed by atoms with Crippen molar-refractivity contribution in [2.24, 2.45) is 5.92 Å². The minimum Gasteiger partial charge on any atom is -0.352 e. The van der Waals surface area contributed by atoms with E-state index in [1.165, 1.54) is 36.8 Å². The van der Waals surface area contributed by atoms with E-state index >= 15 is 0 Å². The summed E-state index contributed by atoms with van der Waals surface area (Å²) < 4.78 is 0. The van der Waals surface area contributed by atoms with Gasteiger partial charge in [0.15, 0.2) is 0 Å². The highest BCUT2D eigenvalue weighted by Crippen LogP contribution is 2.32. The fourth-order valence-corrected chi connectivity index (χ4v) is 3.90. The highest BCUT2D eigenvalue weighted by atomic mass is 35.5. The van der Waals surface area contributed by atoms with E-state index in [4.69, 9.17) is 0 Å². The van der Waals surface area contributed by atoms with E-state index in [1.807, 2.05) is 0 Å². The second-order valence-electron chi connectivity index (χ2n) is 7.35. The lowest BCUT2D eigenvalue weighted by Gasteiger charge is -2.28. The minimum atomic E-state index is 0. The van der Waals surface area contributed by atoms with Gasteiger partial charge in [0.05, 0.1) is 0 Å². The molecule has 3 nitrogen and oxygen atoms in total. The summed E-state index contributed by atoms with van der Waals surface area (Å²) in [5, 5.41) is 6.72. The minimum absolute atomic E-state index is 0. The number of fused-ring (bicyclic) bond motifs is 2. The largest absolute Gasteiger partial charge is 0.352 e. The Morgan fingerprint density at radius 1 is 1.17 bits per heavy atom. The molecule has 4 heteroatoms. The molecule has 2 aliphatic rings. The predicted octanol–water partition coefficient (Wildman–Crippen LogP) is 3.77. The molecule has 1 amide bonds. The average Bonchev–Trinajstić information content (AvgIpc) is 2.84. The number of hydrogen-bond acceptors (Lipinski definition) is 2. The number of nitrogens with one attached hydrogen (secondary N) is 2. The number of benzene rings is 1. The molecular formula is C19H29ClN2O. The molecule has 1 aromatic rings. The Bertz CT molecular complexity index is 503. The van der Waals surface area contributed by atoms with Gasteiger partial charge in [-0.05, 0) is 48.6 Å². The molecule has 2 N–H and O–H groups in total. The van der Waals surface area contributed by atoms with Gasteiger partial charge in [0.2, 0.25) is 5.91 Å². The average molecular weight is 337 g/mol. The van der Waals surface area contributed by atoms with Gasteiger partial charge in [-0.25, -0.2) is 0 Å². The first-order valence-electron chi connectivity index (χ1n) is 8.71. The Hall–Kier alpha value is -1.06. The van der Waals surface area contributed by atoms with E-state index in [1.54, 1.807) is 0 Å². The van der Waals surface area contributed by atoms with Crippen molar-refractivity contribution in [2.45, 2.75) is 70.5 Å². The maximum atomic E-state index is 12.2. The lowest BCUT2D eigenvalue weighted by Crippen LogP contribution is -2.39. The third-order valence-corrected chi connectivity index (χ3v) is 5.18. The SMILES string of the molecule is CC(C)c1ccc(CNC(=O)CC2CC3CCC(C2)N3)cc1.Cl. The van der Waals surface area contributed by atoms with Crippen LogP contribution in [0.2, 0.25) is 0 Å². The highest BCUT2D eigenvalue weighted by molar-refractivity contribution is 5.85. The molecule has 1 aromatic carbocycles. The fourth-order valence-electron chi connectivity index (χ4n) is 3.90. The topological polar surface area (TPSA) is 41.1 Å². The molecule has 0 saturated carbocycles. The number of amides is 1. The van der Waals surface area contributed by atoms with Gasteiger partial charge in [-0.2, -0.15) is 0 Å². The second kappa shape index (κ2) is 8.16. The molecule has 2 bridgehead atoms. The fraction of sp³-hybridized carbons (Fsp3) is 0.632. The molecule has 0 spiro atoms. The second-order valence-corrected chi connectivity index (χ2v) is 7.35. The van der Waals surface area contributed by atoms with Gasteiger partial charge in [0.1, 0.15) is 0 Å². The van der Waals surface area contributed by atoms with Gasteiger partial charge >= 0.3 is 0 Å². The molecule has 0 aliphatic carbocycles. The molecule has 2 heterocycles. The monoisotopic (exact) mass is 336 g/mol. The molecule has 2 atom stereocenters. The molecule has 3 rings (SSSR count). The van der Waals surface area contributed by atoms with Gasteiger partial charge in [0.25, 0.3) is 0 Å². The number of carbonyl (C=O) groups excluding carboxylic acids is 1. The molecule has 0 radical (unpaired) electrons. The maximum Gasteiger partial charge on any atom is 0.220 e. The highest BCUT2D eigenvalue weighted by Gasteiger charge is 2.34. The van der Waals surface area contributed by atoms with E-state index in [9.17, 15) is 4.79 Å². The van der Waals surface area contributed by atoms with Crippen molar-refractivity contribution in [3.05, 3.63) is 35.4 Å². The van der Waals surface area contributed by atoms with Crippen LogP contribution in [0.4, 0.5) is 0 Å². The molecule has 128 valence electrons. The molecule has 2 aliphatic heterocycles. The van der Waals surface area contributed by atoms with Crippen molar-refractivity contribution >= 4 is 18.3 Å². The molecule has 2 unspecified atom stereocenters. The number of hydrogen-bond donors (Lipinski definition) is 2. The predicted molar refractivity (Wildman–Crippen MR) is 96.9 cm³/mol. The quantitative estimate of drug-likeness (QED) is 0.859. The Balaban J connectivity index is 0.00000192. The Morgan fingerprint density at radius 3 is 2.35 bits per heavy atom. The van der Waals surface area contributed by atoms with Crippen LogP contribution < -0.4 is 10.6 Å². The summed E-state index contributed by atoms with van der Waals surface area (Å²) in [7, 11) is 0. The number of rotatable bonds is 5. The van der Waals surface area contributed by atoms with Crippen LogP contribution in [0.25, 0.3) is 0 Å². The lowest BCUT2D eigenvalue weighted by molar-refractivity contribution is -0.122. The maximum absolute atomic E-state index is 12.2. The van der Waals surface area contributed by atoms with Crippen molar-refractivity contribution in [2.75, 3.05) is 0 Å². The van der Waals surface area contributed by atoms with E-state index in [0.29, 0.717) is 36.9 Å². The van der Waals surface area contributed by atoms with Crippen molar-refractivity contribution in [3.8, 4) is 0 Å². The zero-order valence-corrected chi connectivity index (χ0v) is 15.0. The van der Waals surface area contributed by atoms with Crippen molar-refractivity contribution in [3.63, 3.8) is 0 Å². The summed E-state index contributed by atoms with van der Waals surface area (Å²) in [5.41, 5.74) is 2.53. The van der Waals surface area contributed by atoms with Gasteiger partial charge in [-0.1, -0.05) is 38.1 Å². The van der Waals surface area contributed by atoms with Crippen LogP contribution in [0, 0.1) is 5.92 Å². The number of halogens is 1. The number of piperidine rings is 1. The third-order valence-electron chi connectivity index (χ3n) is 5.18. The van der Waals surface area contributed by atoms with E-state index < -0.39 is 0 Å². The molecule has 0 aromatic heterocycles.